The van der Waals surface area contributed by atoms with E-state index >= 15 is 0 Å². The number of anilines is 3. The lowest BCUT2D eigenvalue weighted by Gasteiger charge is -2.37. The van der Waals surface area contributed by atoms with E-state index in [0.717, 1.165) is 44.9 Å². The molecule has 0 unspecified atom stereocenters. The Morgan fingerprint density at radius 1 is 0.589 bits per heavy atom. The van der Waals surface area contributed by atoms with Crippen LogP contribution in [0.3, 0.4) is 0 Å². The molecule has 0 spiro atoms. The van der Waals surface area contributed by atoms with Crippen LogP contribution in [-0.2, 0) is 16.2 Å². The molecule has 0 bridgehead atoms. The van der Waals surface area contributed by atoms with E-state index in [1.807, 2.05) is 30.1 Å². The van der Waals surface area contributed by atoms with Gasteiger partial charge < -0.3 is 4.90 Å². The number of para-hydroxylation sites is 2. The molecular weight excluding hydrogens is 701 g/mol. The van der Waals surface area contributed by atoms with Crippen molar-refractivity contribution in [2.75, 3.05) is 4.90 Å². The summed E-state index contributed by atoms with van der Waals surface area (Å²) < 4.78 is 0. The minimum Gasteiger partial charge on any atom is -0.308 e. The van der Waals surface area contributed by atoms with E-state index in [4.69, 9.17) is 10.1 Å². The normalized spacial score (nSPS) is 14.3. The standard InChI is InChI=1S/C51H44N4S/c1-49(2,3)33-21-24-37-38-25-22-34(50(4,5)6)30-41(38)51(40(37)29-33,47-20-11-12-27-52-47)35-23-26-46-44(31-35)55(43-18-9-10-19-45(43)56-46)36-15-13-14-32(28-36)48-39-16-7-8-17-42(39)53-54-48/h7-31H,1-6H3,(H,53,54). The number of hydrogen-bond acceptors (Lipinski definition) is 4. The number of pyridine rings is 1. The van der Waals surface area contributed by atoms with E-state index in [1.165, 1.54) is 48.7 Å². The quantitative estimate of drug-likeness (QED) is 0.195. The maximum atomic E-state index is 5.25. The second-order valence-corrected chi connectivity index (χ2v) is 18.3. The molecule has 5 heteroatoms. The first-order chi connectivity index (χ1) is 27.0. The van der Waals surface area contributed by atoms with Gasteiger partial charge in [0.1, 0.15) is 0 Å². The fourth-order valence-corrected chi connectivity index (χ4v) is 9.86. The fourth-order valence-electron chi connectivity index (χ4n) is 8.82. The minimum absolute atomic E-state index is 0.0338. The summed E-state index contributed by atoms with van der Waals surface area (Å²) in [7, 11) is 0. The summed E-state index contributed by atoms with van der Waals surface area (Å²) in [5.74, 6) is 0. The van der Waals surface area contributed by atoms with Crippen LogP contribution in [-0.4, -0.2) is 15.2 Å². The summed E-state index contributed by atoms with van der Waals surface area (Å²) in [5.41, 5.74) is 15.7. The van der Waals surface area contributed by atoms with E-state index in [0.29, 0.717) is 0 Å². The van der Waals surface area contributed by atoms with Gasteiger partial charge in [-0.05, 0) is 104 Å². The highest BCUT2D eigenvalue weighted by Crippen LogP contribution is 2.59. The molecule has 1 aliphatic carbocycles. The van der Waals surface area contributed by atoms with Crippen molar-refractivity contribution in [3.05, 3.63) is 185 Å². The van der Waals surface area contributed by atoms with E-state index in [1.54, 1.807) is 0 Å². The van der Waals surface area contributed by atoms with Crippen molar-refractivity contribution in [3.8, 4) is 22.4 Å². The number of rotatable bonds is 4. The van der Waals surface area contributed by atoms with Gasteiger partial charge in [0.05, 0.1) is 33.7 Å². The number of hydrogen-bond donors (Lipinski definition) is 1. The Hall–Kier alpha value is -5.91. The highest BCUT2D eigenvalue weighted by Gasteiger charge is 2.48. The number of benzene rings is 6. The van der Waals surface area contributed by atoms with Crippen LogP contribution in [0.25, 0.3) is 33.3 Å². The maximum Gasteiger partial charge on any atom is 0.1000 e. The Bertz CT molecular complexity index is 2760. The molecule has 56 heavy (non-hydrogen) atoms. The van der Waals surface area contributed by atoms with Gasteiger partial charge in [0.2, 0.25) is 0 Å². The predicted octanol–water partition coefficient (Wildman–Crippen LogP) is 13.5. The molecule has 0 radical (unpaired) electrons. The summed E-state index contributed by atoms with van der Waals surface area (Å²) in [5, 5.41) is 9.14. The number of fused-ring (bicyclic) bond motifs is 6. The second-order valence-electron chi connectivity index (χ2n) is 17.2. The summed E-state index contributed by atoms with van der Waals surface area (Å²) in [4.78, 5) is 10.1. The highest BCUT2D eigenvalue weighted by atomic mass is 32.2. The van der Waals surface area contributed by atoms with E-state index in [2.05, 4.69) is 185 Å². The molecule has 0 atom stereocenters. The molecule has 1 aliphatic heterocycles. The number of H-pyrrole nitrogens is 1. The molecule has 1 N–H and O–H groups in total. The molecule has 0 fully saturated rings. The van der Waals surface area contributed by atoms with Gasteiger partial charge in [-0.2, -0.15) is 5.10 Å². The smallest absolute Gasteiger partial charge is 0.1000 e. The van der Waals surface area contributed by atoms with Gasteiger partial charge in [0, 0.05) is 32.6 Å². The number of aromatic amines is 1. The lowest BCUT2D eigenvalue weighted by Crippen LogP contribution is -2.31. The average molecular weight is 745 g/mol. The lowest BCUT2D eigenvalue weighted by molar-refractivity contribution is 0.585. The van der Waals surface area contributed by atoms with Crippen molar-refractivity contribution in [3.63, 3.8) is 0 Å². The van der Waals surface area contributed by atoms with Crippen LogP contribution >= 0.6 is 11.8 Å². The molecule has 0 saturated carbocycles. The Labute approximate surface area is 333 Å². The maximum absolute atomic E-state index is 5.25. The SMILES string of the molecule is CC(C)(C)c1ccc2c(c1)C(c1ccc3c(c1)N(c1cccc(-c4n[nH]c5ccccc45)c1)c1ccccc1S3)(c1ccccn1)c1cc(C(C)(C)C)ccc1-2. The fraction of sp³-hybridized carbons (Fsp3) is 0.176. The molecule has 10 rings (SSSR count). The van der Waals surface area contributed by atoms with Gasteiger partial charge in [-0.3, -0.25) is 10.1 Å². The zero-order valence-electron chi connectivity index (χ0n) is 32.7. The first-order valence-corrected chi connectivity index (χ1v) is 20.3. The zero-order valence-corrected chi connectivity index (χ0v) is 33.5. The molecule has 0 amide bonds. The van der Waals surface area contributed by atoms with Crippen LogP contribution < -0.4 is 4.90 Å². The zero-order chi connectivity index (χ0) is 38.4. The topological polar surface area (TPSA) is 44.8 Å². The van der Waals surface area contributed by atoms with Gasteiger partial charge in [-0.25, -0.2) is 0 Å². The van der Waals surface area contributed by atoms with Crippen molar-refractivity contribution in [2.24, 2.45) is 0 Å². The molecule has 8 aromatic rings. The Morgan fingerprint density at radius 3 is 1.98 bits per heavy atom. The molecule has 274 valence electrons. The van der Waals surface area contributed by atoms with Gasteiger partial charge in [0.25, 0.3) is 0 Å². The van der Waals surface area contributed by atoms with Gasteiger partial charge in [-0.15, -0.1) is 0 Å². The Balaban J connectivity index is 1.25. The van der Waals surface area contributed by atoms with Crippen LogP contribution in [0.4, 0.5) is 17.1 Å². The molecular formula is C51H44N4S. The van der Waals surface area contributed by atoms with Crippen molar-refractivity contribution >= 4 is 39.7 Å². The summed E-state index contributed by atoms with van der Waals surface area (Å²) in [6, 6.07) is 53.8. The van der Waals surface area contributed by atoms with Crippen molar-refractivity contribution in [1.82, 2.24) is 15.2 Å². The lowest BCUT2D eigenvalue weighted by atomic mass is 9.68. The number of aromatic nitrogens is 3. The minimum atomic E-state index is -0.660. The van der Waals surface area contributed by atoms with Crippen LogP contribution in [0.1, 0.15) is 75.1 Å². The first kappa shape index (κ1) is 34.6. The van der Waals surface area contributed by atoms with E-state index in [-0.39, 0.29) is 10.8 Å². The molecule has 3 heterocycles. The molecule has 2 aromatic heterocycles. The van der Waals surface area contributed by atoms with E-state index < -0.39 is 5.41 Å². The van der Waals surface area contributed by atoms with Gasteiger partial charge in [-0.1, -0.05) is 144 Å². The van der Waals surface area contributed by atoms with Gasteiger partial charge in [0.15, 0.2) is 0 Å². The highest BCUT2D eigenvalue weighted by molar-refractivity contribution is 7.99. The molecule has 2 aliphatic rings. The number of nitrogens with one attached hydrogen (secondary N) is 1. The third kappa shape index (κ3) is 5.28. The van der Waals surface area contributed by atoms with Crippen molar-refractivity contribution in [2.45, 2.75) is 67.6 Å². The summed E-state index contributed by atoms with van der Waals surface area (Å²) in [6.07, 6.45) is 1.96. The van der Waals surface area contributed by atoms with Crippen LogP contribution in [0.15, 0.2) is 162 Å². The Morgan fingerprint density at radius 2 is 1.27 bits per heavy atom. The predicted molar refractivity (Wildman–Crippen MR) is 233 cm³/mol. The van der Waals surface area contributed by atoms with Crippen LogP contribution in [0, 0.1) is 0 Å². The average Bonchev–Trinajstić information content (AvgIpc) is 3.77. The second kappa shape index (κ2) is 12.6. The van der Waals surface area contributed by atoms with Crippen LogP contribution in [0.5, 0.6) is 0 Å². The molecule has 6 aromatic carbocycles. The van der Waals surface area contributed by atoms with E-state index in [9.17, 15) is 0 Å². The van der Waals surface area contributed by atoms with Crippen molar-refractivity contribution < 1.29 is 0 Å². The Kier molecular flexibility index (Phi) is 7.75. The number of nitrogens with zero attached hydrogens (tertiary/aromatic N) is 3. The largest absolute Gasteiger partial charge is 0.308 e. The monoisotopic (exact) mass is 744 g/mol. The van der Waals surface area contributed by atoms with Crippen LogP contribution in [0.2, 0.25) is 0 Å². The summed E-state index contributed by atoms with van der Waals surface area (Å²) >= 11 is 1.84. The third-order valence-electron chi connectivity index (χ3n) is 11.7. The van der Waals surface area contributed by atoms with Crippen molar-refractivity contribution in [1.29, 1.82) is 0 Å². The van der Waals surface area contributed by atoms with Gasteiger partial charge >= 0.3 is 0 Å². The molecule has 4 nitrogen and oxygen atoms in total. The third-order valence-corrected chi connectivity index (χ3v) is 12.9. The first-order valence-electron chi connectivity index (χ1n) is 19.5. The summed E-state index contributed by atoms with van der Waals surface area (Å²) in [6.45, 7) is 13.8. The molecule has 0 saturated heterocycles.